The lowest BCUT2D eigenvalue weighted by molar-refractivity contribution is 0.183. The SMILES string of the molecule is Cl.Oc1ccc2c(Oc3ccc(OCCN4CCCCC4)cc3)c(-c3ccccc3)sc2c1. The molecule has 0 aliphatic carbocycles. The van der Waals surface area contributed by atoms with Gasteiger partial charge in [-0.1, -0.05) is 36.8 Å². The molecule has 4 nitrogen and oxygen atoms in total. The van der Waals surface area contributed by atoms with Crippen LogP contribution in [0.4, 0.5) is 0 Å². The molecule has 0 radical (unpaired) electrons. The Kier molecular flexibility index (Phi) is 7.76. The van der Waals surface area contributed by atoms with E-state index in [4.69, 9.17) is 9.47 Å². The van der Waals surface area contributed by atoms with Gasteiger partial charge in [0.1, 0.15) is 23.9 Å². The Balaban J connectivity index is 0.00000259. The van der Waals surface area contributed by atoms with E-state index in [0.717, 1.165) is 44.3 Å². The lowest BCUT2D eigenvalue weighted by Crippen LogP contribution is -2.33. The van der Waals surface area contributed by atoms with Crippen molar-refractivity contribution in [2.75, 3.05) is 26.2 Å². The zero-order chi connectivity index (χ0) is 21.8. The monoisotopic (exact) mass is 481 g/mol. The third-order valence-electron chi connectivity index (χ3n) is 5.83. The summed E-state index contributed by atoms with van der Waals surface area (Å²) in [6, 6.07) is 23.5. The van der Waals surface area contributed by atoms with Gasteiger partial charge < -0.3 is 14.6 Å². The van der Waals surface area contributed by atoms with E-state index in [-0.39, 0.29) is 18.2 Å². The van der Waals surface area contributed by atoms with Crippen molar-refractivity contribution in [3.63, 3.8) is 0 Å². The van der Waals surface area contributed by atoms with Crippen molar-refractivity contribution in [1.29, 1.82) is 0 Å². The molecule has 0 atom stereocenters. The van der Waals surface area contributed by atoms with E-state index in [1.54, 1.807) is 23.5 Å². The van der Waals surface area contributed by atoms with Crippen molar-refractivity contribution in [2.45, 2.75) is 19.3 Å². The highest BCUT2D eigenvalue weighted by Crippen LogP contribution is 2.47. The molecule has 1 saturated heterocycles. The minimum atomic E-state index is 0. The van der Waals surface area contributed by atoms with Crippen molar-refractivity contribution in [3.8, 4) is 33.4 Å². The van der Waals surface area contributed by atoms with Crippen LogP contribution in [-0.4, -0.2) is 36.2 Å². The molecule has 0 bridgehead atoms. The van der Waals surface area contributed by atoms with Crippen LogP contribution < -0.4 is 9.47 Å². The van der Waals surface area contributed by atoms with Gasteiger partial charge in [-0.25, -0.2) is 0 Å². The first-order valence-electron chi connectivity index (χ1n) is 11.2. The number of ether oxygens (including phenoxy) is 2. The van der Waals surface area contributed by atoms with Crippen LogP contribution >= 0.6 is 23.7 Å². The zero-order valence-corrected chi connectivity index (χ0v) is 20.0. The zero-order valence-electron chi connectivity index (χ0n) is 18.4. The largest absolute Gasteiger partial charge is 0.508 e. The molecular formula is C27H28ClNO3S. The Morgan fingerprint density at radius 2 is 1.58 bits per heavy atom. The highest BCUT2D eigenvalue weighted by molar-refractivity contribution is 7.22. The van der Waals surface area contributed by atoms with Gasteiger partial charge in [0.15, 0.2) is 5.75 Å². The standard InChI is InChI=1S/C27H27NO3S.ClH/c29-21-9-14-24-25(19-21)32-27(20-7-3-1-4-8-20)26(24)31-23-12-10-22(11-13-23)30-18-17-28-15-5-2-6-16-28;/h1,3-4,7-14,19,29H,2,5-6,15-18H2;1H. The molecule has 2 heterocycles. The number of rotatable bonds is 7. The molecule has 4 aromatic rings. The average Bonchev–Trinajstić information content (AvgIpc) is 3.18. The Morgan fingerprint density at radius 1 is 0.848 bits per heavy atom. The van der Waals surface area contributed by atoms with Crippen LogP contribution in [0.3, 0.4) is 0 Å². The molecule has 1 N–H and O–H groups in total. The molecule has 0 saturated carbocycles. The molecule has 1 aliphatic heterocycles. The number of piperidine rings is 1. The normalized spacial score (nSPS) is 14.1. The molecule has 0 unspecified atom stereocenters. The first kappa shape index (κ1) is 23.4. The lowest BCUT2D eigenvalue weighted by Gasteiger charge is -2.26. The van der Waals surface area contributed by atoms with E-state index in [1.165, 1.54) is 32.4 Å². The first-order valence-corrected chi connectivity index (χ1v) is 12.0. The second-order valence-corrected chi connectivity index (χ2v) is 9.18. The van der Waals surface area contributed by atoms with E-state index in [9.17, 15) is 5.11 Å². The smallest absolute Gasteiger partial charge is 0.153 e. The van der Waals surface area contributed by atoms with Gasteiger partial charge in [0.2, 0.25) is 0 Å². The van der Waals surface area contributed by atoms with Crippen molar-refractivity contribution in [2.24, 2.45) is 0 Å². The summed E-state index contributed by atoms with van der Waals surface area (Å²) in [7, 11) is 0. The molecule has 1 fully saturated rings. The maximum atomic E-state index is 9.92. The third-order valence-corrected chi connectivity index (χ3v) is 7.02. The van der Waals surface area contributed by atoms with E-state index in [0.29, 0.717) is 6.61 Å². The van der Waals surface area contributed by atoms with Crippen LogP contribution in [0, 0.1) is 0 Å². The maximum Gasteiger partial charge on any atom is 0.153 e. The quantitative estimate of drug-likeness (QED) is 0.299. The van der Waals surface area contributed by atoms with Gasteiger partial charge in [0.25, 0.3) is 0 Å². The first-order chi connectivity index (χ1) is 15.8. The number of benzene rings is 3. The van der Waals surface area contributed by atoms with E-state index in [2.05, 4.69) is 17.0 Å². The molecule has 3 aromatic carbocycles. The number of nitrogens with zero attached hydrogens (tertiary/aromatic N) is 1. The molecule has 1 aliphatic rings. The third kappa shape index (κ3) is 5.61. The van der Waals surface area contributed by atoms with Crippen LogP contribution in [0.25, 0.3) is 20.5 Å². The highest BCUT2D eigenvalue weighted by Gasteiger charge is 2.17. The van der Waals surface area contributed by atoms with Gasteiger partial charge in [-0.3, -0.25) is 4.90 Å². The molecule has 1 aromatic heterocycles. The molecular weight excluding hydrogens is 454 g/mol. The fourth-order valence-electron chi connectivity index (χ4n) is 4.14. The summed E-state index contributed by atoms with van der Waals surface area (Å²) in [6.45, 7) is 4.06. The second kappa shape index (κ2) is 10.9. The minimum Gasteiger partial charge on any atom is -0.508 e. The molecule has 33 heavy (non-hydrogen) atoms. The van der Waals surface area contributed by atoms with Gasteiger partial charge in [-0.05, 0) is 74.0 Å². The van der Waals surface area contributed by atoms with Gasteiger partial charge in [0, 0.05) is 16.6 Å². The summed E-state index contributed by atoms with van der Waals surface area (Å²) in [5.74, 6) is 2.70. The van der Waals surface area contributed by atoms with Crippen LogP contribution in [0.1, 0.15) is 19.3 Å². The fraction of sp³-hybridized carbons (Fsp3) is 0.259. The summed E-state index contributed by atoms with van der Waals surface area (Å²) in [5, 5.41) is 10.9. The molecule has 172 valence electrons. The maximum absolute atomic E-state index is 9.92. The van der Waals surface area contributed by atoms with E-state index >= 15 is 0 Å². The topological polar surface area (TPSA) is 41.9 Å². The summed E-state index contributed by atoms with van der Waals surface area (Å²) < 4.78 is 13.3. The van der Waals surface area contributed by atoms with Crippen LogP contribution in [0.15, 0.2) is 72.8 Å². The molecule has 0 amide bonds. The van der Waals surface area contributed by atoms with Crippen molar-refractivity contribution in [3.05, 3.63) is 72.8 Å². The number of thiophene rings is 1. The number of phenolic OH excluding ortho intramolecular Hbond substituents is 1. The van der Waals surface area contributed by atoms with Crippen molar-refractivity contribution < 1.29 is 14.6 Å². The fourth-order valence-corrected chi connectivity index (χ4v) is 5.31. The van der Waals surface area contributed by atoms with Crippen molar-refractivity contribution >= 4 is 33.8 Å². The number of aromatic hydroxyl groups is 1. The van der Waals surface area contributed by atoms with Gasteiger partial charge in [-0.2, -0.15) is 0 Å². The van der Waals surface area contributed by atoms with Gasteiger partial charge >= 0.3 is 0 Å². The average molecular weight is 482 g/mol. The number of hydrogen-bond donors (Lipinski definition) is 1. The van der Waals surface area contributed by atoms with Crippen molar-refractivity contribution in [1.82, 2.24) is 4.90 Å². The number of phenols is 1. The summed E-state index contributed by atoms with van der Waals surface area (Å²) in [5.41, 5.74) is 1.10. The molecule has 0 spiro atoms. The van der Waals surface area contributed by atoms with Gasteiger partial charge in [0.05, 0.1) is 4.88 Å². The molecule has 6 heteroatoms. The number of likely N-dealkylation sites (tertiary alicyclic amines) is 1. The number of halogens is 1. The van der Waals surface area contributed by atoms with E-state index < -0.39 is 0 Å². The van der Waals surface area contributed by atoms with E-state index in [1.807, 2.05) is 48.5 Å². The Labute approximate surface area is 204 Å². The van der Waals surface area contributed by atoms with Crippen LogP contribution in [0.2, 0.25) is 0 Å². The van der Waals surface area contributed by atoms with Crippen LogP contribution in [0.5, 0.6) is 23.0 Å². The predicted octanol–water partition coefficient (Wildman–Crippen LogP) is 7.35. The Morgan fingerprint density at radius 3 is 2.33 bits per heavy atom. The number of fused-ring (bicyclic) bond motifs is 1. The number of hydrogen-bond acceptors (Lipinski definition) is 5. The molecule has 5 rings (SSSR count). The summed E-state index contributed by atoms with van der Waals surface area (Å²) in [6.07, 6.45) is 3.95. The summed E-state index contributed by atoms with van der Waals surface area (Å²) in [4.78, 5) is 3.53. The Hall–Kier alpha value is -2.73. The predicted molar refractivity (Wildman–Crippen MR) is 138 cm³/mol. The minimum absolute atomic E-state index is 0. The van der Waals surface area contributed by atoms with Gasteiger partial charge in [-0.15, -0.1) is 23.7 Å². The highest BCUT2D eigenvalue weighted by atomic mass is 35.5. The van der Waals surface area contributed by atoms with Crippen LogP contribution in [-0.2, 0) is 0 Å². The lowest BCUT2D eigenvalue weighted by atomic mass is 10.1. The second-order valence-electron chi connectivity index (χ2n) is 8.13. The summed E-state index contributed by atoms with van der Waals surface area (Å²) >= 11 is 1.62. The Bertz CT molecular complexity index is 1170.